The average Bonchev–Trinajstić information content (AvgIpc) is 3.27. The third-order valence-electron chi connectivity index (χ3n) is 6.44. The Labute approximate surface area is 177 Å². The SMILES string of the molecule is C[C@H](NC(=O)C1(NC(=O)N2CCOCC2)CCCCC1)C(=O)C(=O)NC1CCCC1. The van der Waals surface area contributed by atoms with E-state index >= 15 is 0 Å². The van der Waals surface area contributed by atoms with Gasteiger partial charge in [-0.25, -0.2) is 4.79 Å². The smallest absolute Gasteiger partial charge is 0.318 e. The van der Waals surface area contributed by atoms with Gasteiger partial charge in [0.25, 0.3) is 5.91 Å². The number of Topliss-reactive ketones (excluding diaryl/α,β-unsaturated/α-hetero) is 1. The number of carbonyl (C=O) groups excluding carboxylic acids is 4. The molecule has 3 fully saturated rings. The van der Waals surface area contributed by atoms with Crippen molar-refractivity contribution in [2.24, 2.45) is 0 Å². The fourth-order valence-electron chi connectivity index (χ4n) is 4.54. The number of nitrogens with one attached hydrogen (secondary N) is 3. The number of ether oxygens (including phenoxy) is 1. The second kappa shape index (κ2) is 10.2. The number of ketones is 1. The standard InChI is InChI=1S/C21H34N4O5/c1-15(17(26)18(27)23-16-7-3-4-8-16)22-19(28)21(9-5-2-6-10-21)24-20(29)25-11-13-30-14-12-25/h15-16H,2-14H2,1H3,(H,22,28)(H,23,27)(H,24,29)/t15-/m0/s1. The summed E-state index contributed by atoms with van der Waals surface area (Å²) in [6.45, 7) is 3.46. The number of amides is 4. The zero-order valence-electron chi connectivity index (χ0n) is 17.8. The zero-order chi connectivity index (χ0) is 21.6. The summed E-state index contributed by atoms with van der Waals surface area (Å²) in [6, 6.07) is -1.19. The fraction of sp³-hybridized carbons (Fsp3) is 0.810. The summed E-state index contributed by atoms with van der Waals surface area (Å²) in [5.74, 6) is -1.69. The van der Waals surface area contributed by atoms with Crippen LogP contribution in [0.3, 0.4) is 0 Å². The molecular formula is C21H34N4O5. The lowest BCUT2D eigenvalue weighted by atomic mass is 9.80. The molecule has 1 heterocycles. The molecule has 0 aromatic carbocycles. The second-order valence-electron chi connectivity index (χ2n) is 8.69. The van der Waals surface area contributed by atoms with Crippen LogP contribution in [0.2, 0.25) is 0 Å². The molecule has 1 atom stereocenters. The predicted molar refractivity (Wildman–Crippen MR) is 110 cm³/mol. The Balaban J connectivity index is 1.60. The number of carbonyl (C=O) groups is 4. The first-order chi connectivity index (χ1) is 14.4. The first-order valence-corrected chi connectivity index (χ1v) is 11.2. The molecule has 3 N–H and O–H groups in total. The van der Waals surface area contributed by atoms with Gasteiger partial charge in [-0.1, -0.05) is 32.1 Å². The maximum Gasteiger partial charge on any atom is 0.318 e. The topological polar surface area (TPSA) is 117 Å². The van der Waals surface area contributed by atoms with Crippen molar-refractivity contribution in [3.8, 4) is 0 Å². The highest BCUT2D eigenvalue weighted by atomic mass is 16.5. The van der Waals surface area contributed by atoms with Crippen LogP contribution < -0.4 is 16.0 Å². The predicted octanol–water partition coefficient (Wildman–Crippen LogP) is 0.864. The van der Waals surface area contributed by atoms with Crippen LogP contribution in [0.1, 0.15) is 64.7 Å². The molecule has 4 amide bonds. The fourth-order valence-corrected chi connectivity index (χ4v) is 4.54. The molecule has 0 bridgehead atoms. The molecule has 3 aliphatic rings. The molecule has 0 spiro atoms. The number of urea groups is 1. The molecular weight excluding hydrogens is 388 g/mol. The molecule has 0 aromatic heterocycles. The average molecular weight is 423 g/mol. The van der Waals surface area contributed by atoms with Gasteiger partial charge < -0.3 is 25.6 Å². The van der Waals surface area contributed by atoms with Gasteiger partial charge in [-0.3, -0.25) is 14.4 Å². The van der Waals surface area contributed by atoms with Crippen LogP contribution in [0.4, 0.5) is 4.79 Å². The van der Waals surface area contributed by atoms with Gasteiger partial charge in [-0.2, -0.15) is 0 Å². The minimum Gasteiger partial charge on any atom is -0.378 e. The highest BCUT2D eigenvalue weighted by Crippen LogP contribution is 2.29. The maximum absolute atomic E-state index is 13.2. The zero-order valence-corrected chi connectivity index (χ0v) is 17.8. The lowest BCUT2D eigenvalue weighted by Crippen LogP contribution is -2.64. The third-order valence-corrected chi connectivity index (χ3v) is 6.44. The van der Waals surface area contributed by atoms with Gasteiger partial charge >= 0.3 is 6.03 Å². The Kier molecular flexibility index (Phi) is 7.69. The summed E-state index contributed by atoms with van der Waals surface area (Å²) in [4.78, 5) is 52.3. The minimum atomic E-state index is -1.05. The quantitative estimate of drug-likeness (QED) is 0.549. The van der Waals surface area contributed by atoms with E-state index in [4.69, 9.17) is 4.74 Å². The van der Waals surface area contributed by atoms with Crippen LogP contribution in [0, 0.1) is 0 Å². The Hall–Kier alpha value is -2.16. The van der Waals surface area contributed by atoms with Crippen LogP contribution in [0.25, 0.3) is 0 Å². The van der Waals surface area contributed by atoms with E-state index in [1.165, 1.54) is 6.92 Å². The molecule has 2 saturated carbocycles. The Bertz CT molecular complexity index is 650. The molecule has 0 radical (unpaired) electrons. The van der Waals surface area contributed by atoms with E-state index in [2.05, 4.69) is 16.0 Å². The normalized spacial score (nSPS) is 22.8. The lowest BCUT2D eigenvalue weighted by Gasteiger charge is -2.39. The van der Waals surface area contributed by atoms with Gasteiger partial charge in [0.2, 0.25) is 11.7 Å². The van der Waals surface area contributed by atoms with E-state index in [1.54, 1.807) is 4.90 Å². The first kappa shape index (κ1) is 22.5. The van der Waals surface area contributed by atoms with Crippen molar-refractivity contribution in [1.29, 1.82) is 0 Å². The van der Waals surface area contributed by atoms with Crippen molar-refractivity contribution in [2.75, 3.05) is 26.3 Å². The Morgan fingerprint density at radius 3 is 2.23 bits per heavy atom. The maximum atomic E-state index is 13.2. The highest BCUT2D eigenvalue weighted by molar-refractivity contribution is 6.38. The van der Waals surface area contributed by atoms with E-state index in [0.29, 0.717) is 39.1 Å². The molecule has 2 aliphatic carbocycles. The van der Waals surface area contributed by atoms with Crippen molar-refractivity contribution >= 4 is 23.6 Å². The number of rotatable bonds is 6. The Morgan fingerprint density at radius 1 is 0.967 bits per heavy atom. The molecule has 30 heavy (non-hydrogen) atoms. The summed E-state index contributed by atoms with van der Waals surface area (Å²) in [5, 5.41) is 8.41. The van der Waals surface area contributed by atoms with Crippen LogP contribution in [-0.2, 0) is 19.1 Å². The van der Waals surface area contributed by atoms with Gasteiger partial charge in [0, 0.05) is 19.1 Å². The van der Waals surface area contributed by atoms with Crippen LogP contribution in [0.15, 0.2) is 0 Å². The van der Waals surface area contributed by atoms with Crippen molar-refractivity contribution in [1.82, 2.24) is 20.9 Å². The van der Waals surface area contributed by atoms with Gasteiger partial charge in [0.15, 0.2) is 0 Å². The molecule has 0 aromatic rings. The second-order valence-corrected chi connectivity index (χ2v) is 8.69. The summed E-state index contributed by atoms with van der Waals surface area (Å²) in [6.07, 6.45) is 7.55. The van der Waals surface area contributed by atoms with Gasteiger partial charge in [-0.05, 0) is 32.6 Å². The summed E-state index contributed by atoms with van der Waals surface area (Å²) >= 11 is 0. The third kappa shape index (κ3) is 5.50. The number of nitrogens with zero attached hydrogens (tertiary/aromatic N) is 1. The molecule has 0 unspecified atom stereocenters. The molecule has 3 rings (SSSR count). The van der Waals surface area contributed by atoms with E-state index in [-0.39, 0.29) is 12.1 Å². The summed E-state index contributed by atoms with van der Waals surface area (Å²) < 4.78 is 5.28. The van der Waals surface area contributed by atoms with Gasteiger partial charge in [-0.15, -0.1) is 0 Å². The summed E-state index contributed by atoms with van der Waals surface area (Å²) in [7, 11) is 0. The molecule has 9 nitrogen and oxygen atoms in total. The van der Waals surface area contributed by atoms with Gasteiger partial charge in [0.05, 0.1) is 19.3 Å². The monoisotopic (exact) mass is 422 g/mol. The molecule has 1 saturated heterocycles. The van der Waals surface area contributed by atoms with Crippen molar-refractivity contribution in [3.05, 3.63) is 0 Å². The first-order valence-electron chi connectivity index (χ1n) is 11.2. The van der Waals surface area contributed by atoms with Crippen molar-refractivity contribution in [3.63, 3.8) is 0 Å². The van der Waals surface area contributed by atoms with Crippen LogP contribution in [-0.4, -0.2) is 72.5 Å². The van der Waals surface area contributed by atoms with Crippen molar-refractivity contribution in [2.45, 2.75) is 82.3 Å². The lowest BCUT2D eigenvalue weighted by molar-refractivity contribution is -0.141. The van der Waals surface area contributed by atoms with Crippen molar-refractivity contribution < 1.29 is 23.9 Å². The van der Waals surface area contributed by atoms with E-state index in [0.717, 1.165) is 44.9 Å². The van der Waals surface area contributed by atoms with Crippen LogP contribution >= 0.6 is 0 Å². The molecule has 168 valence electrons. The largest absolute Gasteiger partial charge is 0.378 e. The van der Waals surface area contributed by atoms with Gasteiger partial charge in [0.1, 0.15) is 5.54 Å². The summed E-state index contributed by atoms with van der Waals surface area (Å²) in [5.41, 5.74) is -1.05. The van der Waals surface area contributed by atoms with E-state index in [1.807, 2.05) is 0 Å². The molecule has 9 heteroatoms. The number of hydrogen-bond acceptors (Lipinski definition) is 5. The van der Waals surface area contributed by atoms with E-state index < -0.39 is 29.2 Å². The molecule has 1 aliphatic heterocycles. The minimum absolute atomic E-state index is 0.0434. The number of hydrogen-bond donors (Lipinski definition) is 3. The van der Waals surface area contributed by atoms with E-state index in [9.17, 15) is 19.2 Å². The number of morpholine rings is 1. The Morgan fingerprint density at radius 2 is 1.60 bits per heavy atom. The highest BCUT2D eigenvalue weighted by Gasteiger charge is 2.43. The van der Waals surface area contributed by atoms with Crippen LogP contribution in [0.5, 0.6) is 0 Å².